The van der Waals surface area contributed by atoms with Crippen LogP contribution in [0.3, 0.4) is 0 Å². The van der Waals surface area contributed by atoms with Gasteiger partial charge in [-0.1, -0.05) is 60.1 Å². The highest BCUT2D eigenvalue weighted by molar-refractivity contribution is 6.30. The SMILES string of the molecule is N#CCCC1(c2ccc(OCc3ccccc3)cc2)CCc2cc(Cl)ccc21. The van der Waals surface area contributed by atoms with Gasteiger partial charge in [-0.25, -0.2) is 0 Å². The van der Waals surface area contributed by atoms with Crippen LogP contribution in [0.1, 0.15) is 41.5 Å². The Hall–Kier alpha value is -2.76. The fourth-order valence-electron chi connectivity index (χ4n) is 4.30. The molecular weight excluding hydrogens is 366 g/mol. The van der Waals surface area contributed by atoms with Crippen molar-refractivity contribution in [3.05, 3.63) is 100 Å². The molecule has 1 aliphatic carbocycles. The molecule has 1 unspecified atom stereocenters. The largest absolute Gasteiger partial charge is 0.489 e. The first kappa shape index (κ1) is 18.6. The van der Waals surface area contributed by atoms with Gasteiger partial charge in [-0.15, -0.1) is 0 Å². The number of halogens is 1. The van der Waals surface area contributed by atoms with Gasteiger partial charge in [0.25, 0.3) is 0 Å². The molecule has 0 aromatic heterocycles. The van der Waals surface area contributed by atoms with Crippen LogP contribution in [0.25, 0.3) is 0 Å². The third kappa shape index (κ3) is 3.63. The van der Waals surface area contributed by atoms with E-state index in [1.165, 1.54) is 16.7 Å². The minimum atomic E-state index is -0.117. The first-order chi connectivity index (χ1) is 13.7. The van der Waals surface area contributed by atoms with Crippen LogP contribution in [-0.2, 0) is 18.4 Å². The van der Waals surface area contributed by atoms with Gasteiger partial charge in [0.1, 0.15) is 12.4 Å². The summed E-state index contributed by atoms with van der Waals surface area (Å²) in [6.07, 6.45) is 3.36. The van der Waals surface area contributed by atoms with Crippen LogP contribution in [-0.4, -0.2) is 0 Å². The molecule has 28 heavy (non-hydrogen) atoms. The smallest absolute Gasteiger partial charge is 0.119 e. The molecule has 3 aromatic carbocycles. The minimum absolute atomic E-state index is 0.117. The van der Waals surface area contributed by atoms with Gasteiger partial charge >= 0.3 is 0 Å². The van der Waals surface area contributed by atoms with E-state index in [1.54, 1.807) is 0 Å². The van der Waals surface area contributed by atoms with Crippen molar-refractivity contribution in [3.63, 3.8) is 0 Å². The Labute approximate surface area is 171 Å². The Morgan fingerprint density at radius 2 is 1.79 bits per heavy atom. The first-order valence-electron chi connectivity index (χ1n) is 9.64. The lowest BCUT2D eigenvalue weighted by Crippen LogP contribution is -2.24. The monoisotopic (exact) mass is 387 g/mol. The fourth-order valence-corrected chi connectivity index (χ4v) is 4.50. The second-order valence-electron chi connectivity index (χ2n) is 7.34. The van der Waals surface area contributed by atoms with Gasteiger partial charge in [-0.3, -0.25) is 0 Å². The Morgan fingerprint density at radius 3 is 2.54 bits per heavy atom. The molecule has 0 spiro atoms. The molecule has 0 N–H and O–H groups in total. The predicted octanol–water partition coefficient (Wildman–Crippen LogP) is 6.46. The maximum absolute atomic E-state index is 9.21. The second kappa shape index (κ2) is 8.09. The topological polar surface area (TPSA) is 33.0 Å². The number of hydrogen-bond donors (Lipinski definition) is 0. The Kier molecular flexibility index (Phi) is 5.37. The highest BCUT2D eigenvalue weighted by atomic mass is 35.5. The van der Waals surface area contributed by atoms with Crippen molar-refractivity contribution < 1.29 is 4.74 Å². The van der Waals surface area contributed by atoms with E-state index in [9.17, 15) is 5.26 Å². The summed E-state index contributed by atoms with van der Waals surface area (Å²) in [6.45, 7) is 0.557. The van der Waals surface area contributed by atoms with Gasteiger partial charge in [-0.2, -0.15) is 5.26 Å². The second-order valence-corrected chi connectivity index (χ2v) is 7.78. The van der Waals surface area contributed by atoms with Crippen LogP contribution in [0.2, 0.25) is 5.02 Å². The van der Waals surface area contributed by atoms with Crippen molar-refractivity contribution in [2.24, 2.45) is 0 Å². The third-order valence-corrected chi connectivity index (χ3v) is 5.96. The Bertz CT molecular complexity index is 991. The van der Waals surface area contributed by atoms with Crippen LogP contribution in [0.5, 0.6) is 5.75 Å². The Balaban J connectivity index is 1.59. The molecule has 0 amide bonds. The van der Waals surface area contributed by atoms with E-state index in [0.717, 1.165) is 35.6 Å². The molecule has 0 fully saturated rings. The summed E-state index contributed by atoms with van der Waals surface area (Å²) in [4.78, 5) is 0. The number of nitriles is 1. The van der Waals surface area contributed by atoms with Gasteiger partial charge in [0.15, 0.2) is 0 Å². The van der Waals surface area contributed by atoms with E-state index in [1.807, 2.05) is 36.4 Å². The van der Waals surface area contributed by atoms with Crippen LogP contribution in [0.4, 0.5) is 0 Å². The van der Waals surface area contributed by atoms with Gasteiger partial charge in [0.05, 0.1) is 6.07 Å². The highest BCUT2D eigenvalue weighted by Gasteiger charge is 2.39. The summed E-state index contributed by atoms with van der Waals surface area (Å²) >= 11 is 6.20. The molecule has 0 heterocycles. The molecule has 140 valence electrons. The molecule has 1 atom stereocenters. The lowest BCUT2D eigenvalue weighted by Gasteiger charge is -2.31. The van der Waals surface area contributed by atoms with Crippen molar-refractivity contribution in [2.75, 3.05) is 0 Å². The molecule has 4 rings (SSSR count). The van der Waals surface area contributed by atoms with E-state index in [-0.39, 0.29) is 5.41 Å². The summed E-state index contributed by atoms with van der Waals surface area (Å²) in [5, 5.41) is 9.99. The fraction of sp³-hybridized carbons (Fsp3) is 0.240. The molecule has 0 aliphatic heterocycles. The Morgan fingerprint density at radius 1 is 1.00 bits per heavy atom. The molecular formula is C25H22ClNO. The summed E-state index contributed by atoms with van der Waals surface area (Å²) in [7, 11) is 0. The van der Waals surface area contributed by atoms with Crippen LogP contribution >= 0.6 is 11.6 Å². The van der Waals surface area contributed by atoms with Crippen molar-refractivity contribution in [1.82, 2.24) is 0 Å². The molecule has 0 saturated carbocycles. The summed E-state index contributed by atoms with van der Waals surface area (Å²) in [5.41, 5.74) is 4.89. The van der Waals surface area contributed by atoms with Crippen LogP contribution in [0.15, 0.2) is 72.8 Å². The van der Waals surface area contributed by atoms with Crippen molar-refractivity contribution in [2.45, 2.75) is 37.7 Å². The highest BCUT2D eigenvalue weighted by Crippen LogP contribution is 2.48. The first-order valence-corrected chi connectivity index (χ1v) is 10.0. The van der Waals surface area contributed by atoms with Crippen LogP contribution in [0, 0.1) is 11.3 Å². The number of fused-ring (bicyclic) bond motifs is 1. The van der Waals surface area contributed by atoms with E-state index in [4.69, 9.17) is 16.3 Å². The number of benzene rings is 3. The third-order valence-electron chi connectivity index (χ3n) is 5.72. The molecule has 3 heteroatoms. The number of rotatable bonds is 6. The standard InChI is InChI=1S/C25H22ClNO/c26-22-9-12-24-20(17-22)13-15-25(24,14-4-16-27)21-7-10-23(11-8-21)28-18-19-5-2-1-3-6-19/h1-3,5-12,17H,4,13-15,18H2. The number of hydrogen-bond acceptors (Lipinski definition) is 2. The molecule has 2 nitrogen and oxygen atoms in total. The van der Waals surface area contributed by atoms with Gasteiger partial charge in [0.2, 0.25) is 0 Å². The molecule has 1 aliphatic rings. The maximum Gasteiger partial charge on any atom is 0.119 e. The summed E-state index contributed by atoms with van der Waals surface area (Å²) in [5.74, 6) is 0.859. The zero-order valence-corrected chi connectivity index (χ0v) is 16.5. The number of nitrogens with zero attached hydrogens (tertiary/aromatic N) is 1. The van der Waals surface area contributed by atoms with E-state index in [0.29, 0.717) is 13.0 Å². The molecule has 3 aromatic rings. The zero-order valence-electron chi connectivity index (χ0n) is 15.7. The normalized spacial score (nSPS) is 17.7. The lowest BCUT2D eigenvalue weighted by molar-refractivity contribution is 0.306. The van der Waals surface area contributed by atoms with Crippen LogP contribution < -0.4 is 4.74 Å². The van der Waals surface area contributed by atoms with E-state index >= 15 is 0 Å². The van der Waals surface area contributed by atoms with Crippen molar-refractivity contribution in [3.8, 4) is 11.8 Å². The average Bonchev–Trinajstić information content (AvgIpc) is 3.10. The average molecular weight is 388 g/mol. The maximum atomic E-state index is 9.21. The summed E-state index contributed by atoms with van der Waals surface area (Å²) in [6, 6.07) is 27.1. The van der Waals surface area contributed by atoms with Gasteiger partial charge in [-0.05, 0) is 65.8 Å². The predicted molar refractivity (Wildman–Crippen MR) is 113 cm³/mol. The van der Waals surface area contributed by atoms with E-state index in [2.05, 4.69) is 42.5 Å². The summed E-state index contributed by atoms with van der Waals surface area (Å²) < 4.78 is 5.94. The van der Waals surface area contributed by atoms with Crippen molar-refractivity contribution >= 4 is 11.6 Å². The van der Waals surface area contributed by atoms with Gasteiger partial charge in [0, 0.05) is 16.9 Å². The number of aryl methyl sites for hydroxylation is 1. The molecule has 0 saturated heterocycles. The van der Waals surface area contributed by atoms with Gasteiger partial charge < -0.3 is 4.74 Å². The molecule has 0 radical (unpaired) electrons. The lowest BCUT2D eigenvalue weighted by atomic mass is 9.72. The minimum Gasteiger partial charge on any atom is -0.489 e. The van der Waals surface area contributed by atoms with Crippen molar-refractivity contribution in [1.29, 1.82) is 5.26 Å². The zero-order chi connectivity index (χ0) is 19.4. The molecule has 0 bridgehead atoms. The number of ether oxygens (including phenoxy) is 1. The quantitative estimate of drug-likeness (QED) is 0.486. The van der Waals surface area contributed by atoms with E-state index < -0.39 is 0 Å².